The first-order valence-corrected chi connectivity index (χ1v) is 11.0. The molecule has 0 unspecified atom stereocenters. The van der Waals surface area contributed by atoms with Crippen LogP contribution in [0, 0.1) is 0 Å². The number of rotatable bonds is 14. The Labute approximate surface area is 190 Å². The van der Waals surface area contributed by atoms with E-state index in [-0.39, 0.29) is 11.9 Å². The molecule has 0 fully saturated rings. The quantitative estimate of drug-likeness (QED) is 0.320. The standard InChI is InChI=1S/C25H33NO6/c1-4-29-24(27)20-8-12-22(13-9-20)31-18-6-16-26(3)17-7-19-32-23-14-10-21(11-15-23)25(28)30-5-2/h8-15H,4-7,16-19H2,1-3H3. The van der Waals surface area contributed by atoms with Crippen LogP contribution in [-0.4, -0.2) is 63.4 Å². The highest BCUT2D eigenvalue weighted by Crippen LogP contribution is 2.14. The highest BCUT2D eigenvalue weighted by molar-refractivity contribution is 5.89. The number of carbonyl (C=O) groups excluding carboxylic acids is 2. The first kappa shape index (κ1) is 25.2. The van der Waals surface area contributed by atoms with Gasteiger partial charge in [-0.15, -0.1) is 0 Å². The lowest BCUT2D eigenvalue weighted by Crippen LogP contribution is -2.23. The third-order valence-corrected chi connectivity index (χ3v) is 4.64. The van der Waals surface area contributed by atoms with Crippen LogP contribution in [-0.2, 0) is 9.47 Å². The van der Waals surface area contributed by atoms with Crippen LogP contribution in [0.4, 0.5) is 0 Å². The number of hydrogen-bond acceptors (Lipinski definition) is 7. The molecule has 0 heterocycles. The second kappa shape index (κ2) is 14.1. The van der Waals surface area contributed by atoms with Crippen molar-refractivity contribution in [2.75, 3.05) is 46.6 Å². The summed E-state index contributed by atoms with van der Waals surface area (Å²) < 4.78 is 21.4. The van der Waals surface area contributed by atoms with Gasteiger partial charge in [0.25, 0.3) is 0 Å². The summed E-state index contributed by atoms with van der Waals surface area (Å²) in [5.41, 5.74) is 1.05. The van der Waals surface area contributed by atoms with E-state index in [1.807, 2.05) is 0 Å². The molecule has 174 valence electrons. The third-order valence-electron chi connectivity index (χ3n) is 4.64. The zero-order chi connectivity index (χ0) is 23.2. The summed E-state index contributed by atoms with van der Waals surface area (Å²) >= 11 is 0. The number of nitrogens with zero attached hydrogens (tertiary/aromatic N) is 1. The lowest BCUT2D eigenvalue weighted by molar-refractivity contribution is 0.0516. The Bertz CT molecular complexity index is 750. The molecular formula is C25H33NO6. The lowest BCUT2D eigenvalue weighted by Gasteiger charge is -2.17. The Morgan fingerprint density at radius 2 is 1.06 bits per heavy atom. The maximum Gasteiger partial charge on any atom is 0.338 e. The van der Waals surface area contributed by atoms with E-state index in [9.17, 15) is 9.59 Å². The molecule has 0 N–H and O–H groups in total. The van der Waals surface area contributed by atoms with E-state index < -0.39 is 0 Å². The lowest BCUT2D eigenvalue weighted by atomic mass is 10.2. The molecule has 2 rings (SSSR count). The minimum atomic E-state index is -0.321. The first-order valence-electron chi connectivity index (χ1n) is 11.0. The van der Waals surface area contributed by atoms with Crippen molar-refractivity contribution < 1.29 is 28.5 Å². The molecule has 0 radical (unpaired) electrons. The normalized spacial score (nSPS) is 10.6. The van der Waals surface area contributed by atoms with Gasteiger partial charge in [0, 0.05) is 13.1 Å². The molecule has 7 heteroatoms. The molecule has 0 amide bonds. The average Bonchev–Trinajstić information content (AvgIpc) is 2.80. The van der Waals surface area contributed by atoms with Crippen molar-refractivity contribution in [3.63, 3.8) is 0 Å². The van der Waals surface area contributed by atoms with Gasteiger partial charge < -0.3 is 23.8 Å². The average molecular weight is 444 g/mol. The van der Waals surface area contributed by atoms with Gasteiger partial charge in [-0.3, -0.25) is 0 Å². The summed E-state index contributed by atoms with van der Waals surface area (Å²) in [7, 11) is 2.07. The molecule has 0 spiro atoms. The van der Waals surface area contributed by atoms with Gasteiger partial charge in [-0.05, 0) is 82.3 Å². The predicted molar refractivity (Wildman–Crippen MR) is 123 cm³/mol. The molecule has 2 aromatic rings. The fourth-order valence-electron chi connectivity index (χ4n) is 2.96. The van der Waals surface area contributed by atoms with Crippen LogP contribution in [0.2, 0.25) is 0 Å². The topological polar surface area (TPSA) is 74.3 Å². The van der Waals surface area contributed by atoms with Gasteiger partial charge in [0.2, 0.25) is 0 Å². The van der Waals surface area contributed by atoms with Crippen LogP contribution in [0.1, 0.15) is 47.4 Å². The van der Waals surface area contributed by atoms with Gasteiger partial charge in [-0.2, -0.15) is 0 Å². The largest absolute Gasteiger partial charge is 0.494 e. The summed E-state index contributed by atoms with van der Waals surface area (Å²) in [6.45, 7) is 7.32. The Morgan fingerprint density at radius 3 is 1.41 bits per heavy atom. The summed E-state index contributed by atoms with van der Waals surface area (Å²) in [5.74, 6) is 0.836. The van der Waals surface area contributed by atoms with Crippen molar-refractivity contribution in [2.24, 2.45) is 0 Å². The minimum absolute atomic E-state index is 0.321. The van der Waals surface area contributed by atoms with Crippen molar-refractivity contribution in [3.05, 3.63) is 59.7 Å². The van der Waals surface area contributed by atoms with Gasteiger partial charge in [-0.25, -0.2) is 9.59 Å². The van der Waals surface area contributed by atoms with Crippen LogP contribution < -0.4 is 9.47 Å². The zero-order valence-corrected chi connectivity index (χ0v) is 19.2. The Hall–Kier alpha value is -3.06. The smallest absolute Gasteiger partial charge is 0.338 e. The number of esters is 2. The van der Waals surface area contributed by atoms with Gasteiger partial charge in [0.15, 0.2) is 0 Å². The molecule has 0 aliphatic rings. The van der Waals surface area contributed by atoms with Crippen molar-refractivity contribution in [3.8, 4) is 11.5 Å². The van der Waals surface area contributed by atoms with Crippen molar-refractivity contribution >= 4 is 11.9 Å². The maximum atomic E-state index is 11.6. The highest BCUT2D eigenvalue weighted by atomic mass is 16.5. The predicted octanol–water partition coefficient (Wildman–Crippen LogP) is 4.21. The number of benzene rings is 2. The van der Waals surface area contributed by atoms with Crippen molar-refractivity contribution in [1.82, 2.24) is 4.90 Å². The summed E-state index contributed by atoms with van der Waals surface area (Å²) in [5, 5.41) is 0. The van der Waals surface area contributed by atoms with E-state index in [0.29, 0.717) is 37.6 Å². The van der Waals surface area contributed by atoms with Crippen LogP contribution in [0.25, 0.3) is 0 Å². The van der Waals surface area contributed by atoms with Gasteiger partial charge >= 0.3 is 11.9 Å². The maximum absolute atomic E-state index is 11.6. The van der Waals surface area contributed by atoms with E-state index in [4.69, 9.17) is 18.9 Å². The SMILES string of the molecule is CCOC(=O)c1ccc(OCCCN(C)CCCOc2ccc(C(=O)OCC)cc2)cc1. The molecule has 0 bridgehead atoms. The second-order valence-corrected chi connectivity index (χ2v) is 7.20. The minimum Gasteiger partial charge on any atom is -0.494 e. The zero-order valence-electron chi connectivity index (χ0n) is 19.2. The number of carbonyl (C=O) groups is 2. The van der Waals surface area contributed by atoms with Crippen LogP contribution in [0.15, 0.2) is 48.5 Å². The fourth-order valence-corrected chi connectivity index (χ4v) is 2.96. The Morgan fingerprint density at radius 1 is 0.688 bits per heavy atom. The molecule has 7 nitrogen and oxygen atoms in total. The van der Waals surface area contributed by atoms with Gasteiger partial charge in [0.05, 0.1) is 37.6 Å². The summed E-state index contributed by atoms with van der Waals surface area (Å²) in [6.07, 6.45) is 1.79. The van der Waals surface area contributed by atoms with Crippen LogP contribution in [0.5, 0.6) is 11.5 Å². The number of hydrogen-bond donors (Lipinski definition) is 0. The van der Waals surface area contributed by atoms with Crippen molar-refractivity contribution in [1.29, 1.82) is 0 Å². The van der Waals surface area contributed by atoms with Gasteiger partial charge in [0.1, 0.15) is 11.5 Å². The third kappa shape index (κ3) is 8.98. The van der Waals surface area contributed by atoms with E-state index in [1.165, 1.54) is 0 Å². The second-order valence-electron chi connectivity index (χ2n) is 7.20. The first-order chi connectivity index (χ1) is 15.5. The Kier molecular flexibility index (Phi) is 11.1. The molecule has 0 aliphatic carbocycles. The molecule has 0 saturated carbocycles. The van der Waals surface area contributed by atoms with E-state index in [1.54, 1.807) is 62.4 Å². The molecule has 0 saturated heterocycles. The van der Waals surface area contributed by atoms with E-state index in [0.717, 1.165) is 37.4 Å². The Balaban J connectivity index is 1.56. The molecule has 0 aromatic heterocycles. The summed E-state index contributed by atoms with van der Waals surface area (Å²) in [4.78, 5) is 25.5. The molecular weight excluding hydrogens is 410 g/mol. The summed E-state index contributed by atoms with van der Waals surface area (Å²) in [6, 6.07) is 14.0. The fraction of sp³-hybridized carbons (Fsp3) is 0.440. The monoisotopic (exact) mass is 443 g/mol. The van der Waals surface area contributed by atoms with E-state index >= 15 is 0 Å². The molecule has 0 aliphatic heterocycles. The van der Waals surface area contributed by atoms with Crippen LogP contribution in [0.3, 0.4) is 0 Å². The van der Waals surface area contributed by atoms with E-state index in [2.05, 4.69) is 11.9 Å². The molecule has 32 heavy (non-hydrogen) atoms. The van der Waals surface area contributed by atoms with Crippen LogP contribution >= 0.6 is 0 Å². The molecule has 0 atom stereocenters. The number of ether oxygens (including phenoxy) is 4. The van der Waals surface area contributed by atoms with Gasteiger partial charge in [-0.1, -0.05) is 0 Å². The van der Waals surface area contributed by atoms with Crippen molar-refractivity contribution in [2.45, 2.75) is 26.7 Å². The highest BCUT2D eigenvalue weighted by Gasteiger charge is 2.07. The molecule has 2 aromatic carbocycles.